The number of aliphatic carboxylic acids is 1. The lowest BCUT2D eigenvalue weighted by Gasteiger charge is -2.10. The van der Waals surface area contributed by atoms with Crippen molar-refractivity contribution >= 4 is 33.4 Å². The Kier molecular flexibility index (Phi) is 3.85. The molecule has 6 nitrogen and oxygen atoms in total. The van der Waals surface area contributed by atoms with Crippen molar-refractivity contribution in [3.05, 3.63) is 29.3 Å². The molecule has 1 saturated heterocycles. The van der Waals surface area contributed by atoms with Crippen LogP contribution in [0.25, 0.3) is 10.2 Å². The smallest absolute Gasteiger partial charge is 0.332 e. The number of carboxylic acid groups (broad SMARTS) is 1. The molecule has 2 aromatic rings. The normalized spacial score (nSPS) is 21.5. The van der Waals surface area contributed by atoms with Crippen LogP contribution in [0.5, 0.6) is 0 Å². The lowest BCUT2D eigenvalue weighted by molar-refractivity contribution is -0.151. The number of carboxylic acids is 1. The van der Waals surface area contributed by atoms with Crippen LogP contribution in [-0.2, 0) is 20.9 Å². The zero-order chi connectivity index (χ0) is 14.8. The Bertz CT molecular complexity index is 651. The van der Waals surface area contributed by atoms with E-state index < -0.39 is 18.2 Å². The molecule has 2 N–H and O–H groups in total. The molecular weight excluding hydrogens is 292 g/mol. The van der Waals surface area contributed by atoms with Gasteiger partial charge in [0.15, 0.2) is 6.10 Å². The topological polar surface area (TPSA) is 88.5 Å². The molecule has 0 saturated carbocycles. The molecule has 3 rings (SSSR count). The van der Waals surface area contributed by atoms with Crippen molar-refractivity contribution in [2.24, 2.45) is 0 Å². The van der Waals surface area contributed by atoms with Gasteiger partial charge in [-0.25, -0.2) is 9.78 Å². The molecule has 0 aliphatic carbocycles. The SMILES string of the molecule is O=C(NCc1nc2ccccc2s1)[C@@H]1CC[C@H](C(=O)O)O1. The van der Waals surface area contributed by atoms with Gasteiger partial charge in [-0.05, 0) is 25.0 Å². The van der Waals surface area contributed by atoms with E-state index in [4.69, 9.17) is 9.84 Å². The number of nitrogens with zero attached hydrogens (tertiary/aromatic N) is 1. The van der Waals surface area contributed by atoms with Gasteiger partial charge in [0, 0.05) is 0 Å². The Hall–Kier alpha value is -1.99. The third-order valence-electron chi connectivity index (χ3n) is 3.34. The molecule has 110 valence electrons. The summed E-state index contributed by atoms with van der Waals surface area (Å²) in [6.07, 6.45) is -0.749. The fourth-order valence-corrected chi connectivity index (χ4v) is 3.19. The standard InChI is InChI=1S/C14H14N2O4S/c17-13(9-5-6-10(20-9)14(18)19)15-7-12-16-8-3-1-2-4-11(8)21-12/h1-4,9-10H,5-7H2,(H,15,17)(H,18,19)/t9-,10+/m0/s1. The average Bonchev–Trinajstić information content (AvgIpc) is 3.11. The number of fused-ring (bicyclic) bond motifs is 1. The van der Waals surface area contributed by atoms with E-state index in [-0.39, 0.29) is 5.91 Å². The van der Waals surface area contributed by atoms with Crippen LogP contribution >= 0.6 is 11.3 Å². The van der Waals surface area contributed by atoms with E-state index in [1.54, 1.807) is 0 Å². The van der Waals surface area contributed by atoms with Gasteiger partial charge in [0.2, 0.25) is 5.91 Å². The number of aromatic nitrogens is 1. The Balaban J connectivity index is 1.57. The molecule has 1 aromatic heterocycles. The summed E-state index contributed by atoms with van der Waals surface area (Å²) in [4.78, 5) is 27.2. The molecule has 1 aliphatic heterocycles. The van der Waals surface area contributed by atoms with Crippen LogP contribution < -0.4 is 5.32 Å². The number of para-hydroxylation sites is 1. The molecule has 1 aromatic carbocycles. The fraction of sp³-hybridized carbons (Fsp3) is 0.357. The van der Waals surface area contributed by atoms with Gasteiger partial charge in [0.1, 0.15) is 11.1 Å². The Labute approximate surface area is 124 Å². The molecular formula is C14H14N2O4S. The second-order valence-electron chi connectivity index (χ2n) is 4.82. The number of ether oxygens (including phenoxy) is 1. The molecule has 1 aliphatic rings. The lowest BCUT2D eigenvalue weighted by atomic mass is 10.2. The summed E-state index contributed by atoms with van der Waals surface area (Å²) in [6, 6.07) is 7.77. The second kappa shape index (κ2) is 5.79. The van der Waals surface area contributed by atoms with Crippen LogP contribution in [0.2, 0.25) is 0 Å². The Morgan fingerprint density at radius 1 is 1.33 bits per heavy atom. The van der Waals surface area contributed by atoms with E-state index in [9.17, 15) is 9.59 Å². The molecule has 7 heteroatoms. The van der Waals surface area contributed by atoms with E-state index in [1.807, 2.05) is 24.3 Å². The van der Waals surface area contributed by atoms with Crippen LogP contribution in [0.15, 0.2) is 24.3 Å². The van der Waals surface area contributed by atoms with Crippen molar-refractivity contribution in [3.8, 4) is 0 Å². The van der Waals surface area contributed by atoms with Gasteiger partial charge in [-0.3, -0.25) is 4.79 Å². The van der Waals surface area contributed by atoms with Crippen molar-refractivity contribution in [2.45, 2.75) is 31.6 Å². The monoisotopic (exact) mass is 306 g/mol. The Morgan fingerprint density at radius 3 is 2.81 bits per heavy atom. The largest absolute Gasteiger partial charge is 0.479 e. The highest BCUT2D eigenvalue weighted by Crippen LogP contribution is 2.22. The number of carbonyl (C=O) groups excluding carboxylic acids is 1. The van der Waals surface area contributed by atoms with E-state index >= 15 is 0 Å². The van der Waals surface area contributed by atoms with E-state index in [0.717, 1.165) is 15.2 Å². The molecule has 0 radical (unpaired) electrons. The molecule has 0 spiro atoms. The highest BCUT2D eigenvalue weighted by Gasteiger charge is 2.34. The molecule has 1 amide bonds. The molecule has 2 atom stereocenters. The predicted molar refractivity (Wildman–Crippen MR) is 77.0 cm³/mol. The summed E-state index contributed by atoms with van der Waals surface area (Å²) in [5, 5.41) is 12.4. The van der Waals surface area contributed by atoms with Crippen LogP contribution in [0.1, 0.15) is 17.8 Å². The van der Waals surface area contributed by atoms with Crippen LogP contribution in [0, 0.1) is 0 Å². The van der Waals surface area contributed by atoms with Gasteiger partial charge in [0.05, 0.1) is 16.8 Å². The van der Waals surface area contributed by atoms with Gasteiger partial charge in [0.25, 0.3) is 0 Å². The van der Waals surface area contributed by atoms with Gasteiger partial charge in [-0.15, -0.1) is 11.3 Å². The summed E-state index contributed by atoms with van der Waals surface area (Å²) >= 11 is 1.53. The number of hydrogen-bond acceptors (Lipinski definition) is 5. The number of carbonyl (C=O) groups is 2. The summed E-state index contributed by atoms with van der Waals surface area (Å²) < 4.78 is 6.28. The number of amides is 1. The zero-order valence-electron chi connectivity index (χ0n) is 11.1. The first-order valence-corrected chi connectivity index (χ1v) is 7.45. The lowest BCUT2D eigenvalue weighted by Crippen LogP contribution is -2.35. The number of rotatable bonds is 4. The second-order valence-corrected chi connectivity index (χ2v) is 5.94. The molecule has 0 unspecified atom stereocenters. The zero-order valence-corrected chi connectivity index (χ0v) is 11.9. The van der Waals surface area contributed by atoms with Crippen molar-refractivity contribution in [1.82, 2.24) is 10.3 Å². The van der Waals surface area contributed by atoms with Crippen LogP contribution in [0.3, 0.4) is 0 Å². The predicted octanol–water partition coefficient (Wildman–Crippen LogP) is 1.54. The van der Waals surface area contributed by atoms with Crippen LogP contribution in [-0.4, -0.2) is 34.2 Å². The Morgan fingerprint density at radius 2 is 2.10 bits per heavy atom. The first-order chi connectivity index (χ1) is 10.1. The highest BCUT2D eigenvalue weighted by atomic mass is 32.1. The van der Waals surface area contributed by atoms with Crippen molar-refractivity contribution < 1.29 is 19.4 Å². The molecule has 21 heavy (non-hydrogen) atoms. The summed E-state index contributed by atoms with van der Waals surface area (Å²) in [5.74, 6) is -1.30. The quantitative estimate of drug-likeness (QED) is 0.894. The number of benzene rings is 1. The third kappa shape index (κ3) is 3.03. The summed E-state index contributed by atoms with van der Waals surface area (Å²) in [5.41, 5.74) is 0.912. The van der Waals surface area contributed by atoms with E-state index in [0.29, 0.717) is 19.4 Å². The van der Waals surface area contributed by atoms with Gasteiger partial charge < -0.3 is 15.2 Å². The minimum Gasteiger partial charge on any atom is -0.479 e. The van der Waals surface area contributed by atoms with Gasteiger partial charge >= 0.3 is 5.97 Å². The first-order valence-electron chi connectivity index (χ1n) is 6.64. The molecule has 0 bridgehead atoms. The van der Waals surface area contributed by atoms with Crippen molar-refractivity contribution in [3.63, 3.8) is 0 Å². The van der Waals surface area contributed by atoms with E-state index in [2.05, 4.69) is 10.3 Å². The van der Waals surface area contributed by atoms with Crippen molar-refractivity contribution in [2.75, 3.05) is 0 Å². The highest BCUT2D eigenvalue weighted by molar-refractivity contribution is 7.18. The maximum atomic E-state index is 11.9. The summed E-state index contributed by atoms with van der Waals surface area (Å²) in [6.45, 7) is 0.329. The fourth-order valence-electron chi connectivity index (χ4n) is 2.28. The number of hydrogen-bond donors (Lipinski definition) is 2. The molecule has 1 fully saturated rings. The van der Waals surface area contributed by atoms with E-state index in [1.165, 1.54) is 11.3 Å². The minimum atomic E-state index is -1.02. The first kappa shape index (κ1) is 14.0. The third-order valence-corrected chi connectivity index (χ3v) is 4.38. The number of thiazole rings is 1. The van der Waals surface area contributed by atoms with Crippen LogP contribution in [0.4, 0.5) is 0 Å². The number of nitrogens with one attached hydrogen (secondary N) is 1. The van der Waals surface area contributed by atoms with Crippen molar-refractivity contribution in [1.29, 1.82) is 0 Å². The maximum Gasteiger partial charge on any atom is 0.332 e. The average molecular weight is 306 g/mol. The summed E-state index contributed by atoms with van der Waals surface area (Å²) in [7, 11) is 0. The maximum absolute atomic E-state index is 11.9. The van der Waals surface area contributed by atoms with Gasteiger partial charge in [-0.2, -0.15) is 0 Å². The van der Waals surface area contributed by atoms with Gasteiger partial charge in [-0.1, -0.05) is 12.1 Å². The minimum absolute atomic E-state index is 0.280. The molecule has 2 heterocycles.